The van der Waals surface area contributed by atoms with Crippen LogP contribution in [0.2, 0.25) is 0 Å². The van der Waals surface area contributed by atoms with Crippen LogP contribution in [-0.4, -0.2) is 58.5 Å². The number of hydrogen-bond acceptors (Lipinski definition) is 8. The van der Waals surface area contributed by atoms with Gasteiger partial charge in [-0.15, -0.1) is 0 Å². The van der Waals surface area contributed by atoms with Gasteiger partial charge >= 0.3 is 0 Å². The Kier molecular flexibility index (Phi) is 5.21. The van der Waals surface area contributed by atoms with Gasteiger partial charge in [0.05, 0.1) is 19.0 Å². The number of fused-ring (bicyclic) bond motifs is 1. The Morgan fingerprint density at radius 2 is 2.12 bits per heavy atom. The first-order valence-electron chi connectivity index (χ1n) is 7.80. The summed E-state index contributed by atoms with van der Waals surface area (Å²) in [6, 6.07) is 0. The van der Waals surface area contributed by atoms with E-state index >= 15 is 0 Å². The van der Waals surface area contributed by atoms with Crippen molar-refractivity contribution >= 4 is 44.5 Å². The van der Waals surface area contributed by atoms with Crippen molar-refractivity contribution in [3.63, 3.8) is 0 Å². The third-order valence-electron chi connectivity index (χ3n) is 3.28. The van der Waals surface area contributed by atoms with Crippen LogP contribution in [0.15, 0.2) is 11.4 Å². The van der Waals surface area contributed by atoms with Crippen molar-refractivity contribution in [2.75, 3.05) is 37.0 Å². The van der Waals surface area contributed by atoms with Crippen LogP contribution in [0.3, 0.4) is 0 Å². The van der Waals surface area contributed by atoms with Gasteiger partial charge in [-0.2, -0.15) is 4.98 Å². The Morgan fingerprint density at radius 1 is 1.38 bits per heavy atom. The number of ether oxygens (including phenoxy) is 1. The molecule has 0 bridgehead atoms. The van der Waals surface area contributed by atoms with Crippen molar-refractivity contribution in [3.8, 4) is 0 Å². The van der Waals surface area contributed by atoms with E-state index in [1.165, 1.54) is 18.1 Å². The average Bonchev–Trinajstić information content (AvgIpc) is 2.97. The number of anilines is 1. The molecule has 0 radical (unpaired) electrons. The average molecular weight is 368 g/mol. The highest BCUT2D eigenvalue weighted by atomic mass is 32.2. The summed E-state index contributed by atoms with van der Waals surface area (Å²) in [6.07, 6.45) is 1.51. The van der Waals surface area contributed by atoms with Crippen LogP contribution in [0.4, 0.5) is 5.13 Å². The maximum absolute atomic E-state index is 12.0. The van der Waals surface area contributed by atoms with E-state index in [4.69, 9.17) is 4.74 Å². The quantitative estimate of drug-likeness (QED) is 0.653. The van der Waals surface area contributed by atoms with E-state index in [9.17, 15) is 4.79 Å². The minimum absolute atomic E-state index is 0.00261. The zero-order chi connectivity index (χ0) is 17.2. The fourth-order valence-corrected chi connectivity index (χ4v) is 4.25. The van der Waals surface area contributed by atoms with Gasteiger partial charge in [0, 0.05) is 18.6 Å². The molecule has 0 aromatic carbocycles. The molecular weight excluding hydrogens is 346 g/mol. The van der Waals surface area contributed by atoms with Gasteiger partial charge in [-0.05, 0) is 20.8 Å². The second kappa shape index (κ2) is 7.20. The lowest BCUT2D eigenvalue weighted by Gasteiger charge is -2.25. The lowest BCUT2D eigenvalue weighted by Crippen LogP contribution is -2.41. The topological polar surface area (TPSA) is 80.2 Å². The van der Waals surface area contributed by atoms with Crippen molar-refractivity contribution in [3.05, 3.63) is 6.33 Å². The van der Waals surface area contributed by atoms with Gasteiger partial charge < -0.3 is 15.0 Å². The van der Waals surface area contributed by atoms with Crippen LogP contribution < -0.4 is 10.2 Å². The third kappa shape index (κ3) is 4.34. The molecule has 0 spiro atoms. The van der Waals surface area contributed by atoms with Crippen LogP contribution in [-0.2, 0) is 9.53 Å². The van der Waals surface area contributed by atoms with E-state index in [2.05, 4.69) is 25.2 Å². The number of nitrogens with zero attached hydrogens (tertiary/aromatic N) is 4. The number of carbonyl (C=O) groups excluding carboxylic acids is 1. The molecule has 1 fully saturated rings. The third-order valence-corrected chi connectivity index (χ3v) is 5.51. The highest BCUT2D eigenvalue weighted by Gasteiger charge is 2.19. The lowest BCUT2D eigenvalue weighted by molar-refractivity contribution is -0.119. The molecule has 1 N–H and O–H groups in total. The van der Waals surface area contributed by atoms with Gasteiger partial charge in [-0.25, -0.2) is 9.97 Å². The molecule has 0 saturated carbocycles. The van der Waals surface area contributed by atoms with Crippen molar-refractivity contribution in [2.24, 2.45) is 0 Å². The van der Waals surface area contributed by atoms with Crippen LogP contribution in [0, 0.1) is 0 Å². The molecule has 1 amide bonds. The molecule has 3 heterocycles. The number of nitrogens with one attached hydrogen (secondary N) is 1. The molecule has 3 rings (SSSR count). The number of aromatic nitrogens is 3. The number of carbonyl (C=O) groups is 1. The van der Waals surface area contributed by atoms with Crippen molar-refractivity contribution < 1.29 is 9.53 Å². The summed E-state index contributed by atoms with van der Waals surface area (Å²) < 4.78 is 6.32. The number of amides is 1. The predicted octanol–water partition coefficient (Wildman–Crippen LogP) is 1.93. The monoisotopic (exact) mass is 367 g/mol. The normalized spacial score (nSPS) is 15.7. The fourth-order valence-electron chi connectivity index (χ4n) is 2.30. The summed E-state index contributed by atoms with van der Waals surface area (Å²) in [4.78, 5) is 27.4. The molecule has 7 nitrogen and oxygen atoms in total. The molecule has 0 aliphatic carbocycles. The Bertz CT molecular complexity index is 722. The summed E-state index contributed by atoms with van der Waals surface area (Å²) in [6.45, 7) is 9.02. The standard InChI is InChI=1S/C15H21N5O2S2/c1-15(2,3)19-10(21)8-23-13-11-12(16-9-17-13)18-14(24-11)20-4-6-22-7-5-20/h9H,4-8H2,1-3H3,(H,19,21). The Hall–Kier alpha value is -1.45. The van der Waals surface area contributed by atoms with E-state index in [-0.39, 0.29) is 11.4 Å². The summed E-state index contributed by atoms with van der Waals surface area (Å²) in [7, 11) is 0. The number of morpholine rings is 1. The molecule has 2 aromatic rings. The van der Waals surface area contributed by atoms with Gasteiger partial charge in [0.15, 0.2) is 10.8 Å². The summed E-state index contributed by atoms with van der Waals surface area (Å²) in [5.74, 6) is 0.325. The first-order valence-corrected chi connectivity index (χ1v) is 9.61. The Labute approximate surface area is 149 Å². The first-order chi connectivity index (χ1) is 11.4. The Balaban J connectivity index is 1.73. The van der Waals surface area contributed by atoms with Crippen molar-refractivity contribution in [1.29, 1.82) is 0 Å². The summed E-state index contributed by atoms with van der Waals surface area (Å²) >= 11 is 3.00. The van der Waals surface area contributed by atoms with Crippen molar-refractivity contribution in [2.45, 2.75) is 31.3 Å². The van der Waals surface area contributed by atoms with E-state index in [0.717, 1.165) is 41.2 Å². The predicted molar refractivity (Wildman–Crippen MR) is 96.9 cm³/mol. The number of rotatable bonds is 4. The lowest BCUT2D eigenvalue weighted by atomic mass is 10.1. The maximum Gasteiger partial charge on any atom is 0.230 e. The second-order valence-electron chi connectivity index (χ2n) is 6.51. The summed E-state index contributed by atoms with van der Waals surface area (Å²) in [5, 5.41) is 4.70. The highest BCUT2D eigenvalue weighted by molar-refractivity contribution is 8.00. The van der Waals surface area contributed by atoms with Crippen LogP contribution in [0.5, 0.6) is 0 Å². The smallest absolute Gasteiger partial charge is 0.230 e. The molecule has 9 heteroatoms. The molecule has 24 heavy (non-hydrogen) atoms. The zero-order valence-corrected chi connectivity index (χ0v) is 15.7. The van der Waals surface area contributed by atoms with E-state index < -0.39 is 0 Å². The van der Waals surface area contributed by atoms with E-state index in [1.807, 2.05) is 20.8 Å². The number of hydrogen-bond donors (Lipinski definition) is 1. The largest absolute Gasteiger partial charge is 0.378 e. The molecule has 1 saturated heterocycles. The molecule has 1 aliphatic heterocycles. The molecule has 1 aliphatic rings. The first kappa shape index (κ1) is 17.4. The highest BCUT2D eigenvalue weighted by Crippen LogP contribution is 2.33. The van der Waals surface area contributed by atoms with E-state index in [1.54, 1.807) is 11.3 Å². The summed E-state index contributed by atoms with van der Waals surface area (Å²) in [5.41, 5.74) is 0.460. The molecule has 2 aromatic heterocycles. The van der Waals surface area contributed by atoms with Gasteiger partial charge in [0.1, 0.15) is 16.1 Å². The SMILES string of the molecule is CC(C)(C)NC(=O)CSc1ncnc2nc(N3CCOCC3)sc12. The van der Waals surface area contributed by atoms with E-state index in [0.29, 0.717) is 11.4 Å². The fraction of sp³-hybridized carbons (Fsp3) is 0.600. The maximum atomic E-state index is 12.0. The van der Waals surface area contributed by atoms with Gasteiger partial charge in [0.25, 0.3) is 0 Å². The molecular formula is C15H21N5O2S2. The number of thioether (sulfide) groups is 1. The van der Waals surface area contributed by atoms with Crippen molar-refractivity contribution in [1.82, 2.24) is 20.3 Å². The second-order valence-corrected chi connectivity index (χ2v) is 8.46. The minimum atomic E-state index is -0.230. The molecule has 0 unspecified atom stereocenters. The molecule has 0 atom stereocenters. The van der Waals surface area contributed by atoms with Gasteiger partial charge in [0.2, 0.25) is 5.91 Å². The van der Waals surface area contributed by atoms with Crippen LogP contribution in [0.1, 0.15) is 20.8 Å². The zero-order valence-electron chi connectivity index (χ0n) is 14.0. The number of thiazole rings is 1. The van der Waals surface area contributed by atoms with Crippen LogP contribution in [0.25, 0.3) is 10.3 Å². The van der Waals surface area contributed by atoms with Gasteiger partial charge in [-0.3, -0.25) is 4.79 Å². The van der Waals surface area contributed by atoms with Gasteiger partial charge in [-0.1, -0.05) is 23.1 Å². The van der Waals surface area contributed by atoms with Crippen LogP contribution >= 0.6 is 23.1 Å². The minimum Gasteiger partial charge on any atom is -0.378 e. The molecule has 130 valence electrons. The Morgan fingerprint density at radius 3 is 2.83 bits per heavy atom.